The molecular weight excluding hydrogens is 172 g/mol. The van der Waals surface area contributed by atoms with Crippen LogP contribution >= 0.6 is 0 Å². The van der Waals surface area contributed by atoms with E-state index in [4.69, 9.17) is 0 Å². The van der Waals surface area contributed by atoms with Crippen LogP contribution in [0.25, 0.3) is 0 Å². The molecule has 0 saturated heterocycles. The van der Waals surface area contributed by atoms with Crippen LogP contribution in [0, 0.1) is 11.8 Å². The molecule has 1 aliphatic rings. The van der Waals surface area contributed by atoms with E-state index in [1.165, 1.54) is 12.8 Å². The third kappa shape index (κ3) is 2.70. The van der Waals surface area contributed by atoms with E-state index in [0.717, 1.165) is 17.4 Å². The summed E-state index contributed by atoms with van der Waals surface area (Å²) in [6.07, 6.45) is 7.60. The molecule has 0 spiro atoms. The molecule has 0 aromatic heterocycles. The van der Waals surface area contributed by atoms with Crippen molar-refractivity contribution in [1.82, 2.24) is 0 Å². The standard InChI is InChI=1S/C12H24Si/c1-6-7-11-8-10(2)9-12(11)13(3,4)5/h6-7,10-12H,8-9H2,1-5H3/b7-6+. The van der Waals surface area contributed by atoms with E-state index >= 15 is 0 Å². The quantitative estimate of drug-likeness (QED) is 0.456. The van der Waals surface area contributed by atoms with Gasteiger partial charge in [-0.25, -0.2) is 0 Å². The van der Waals surface area contributed by atoms with E-state index in [0.29, 0.717) is 0 Å². The van der Waals surface area contributed by atoms with Gasteiger partial charge in [-0.1, -0.05) is 38.7 Å². The molecule has 0 aromatic rings. The summed E-state index contributed by atoms with van der Waals surface area (Å²) in [6, 6.07) is 0. The normalized spacial score (nSPS) is 35.9. The van der Waals surface area contributed by atoms with Crippen LogP contribution in [-0.2, 0) is 0 Å². The number of hydrogen-bond donors (Lipinski definition) is 0. The summed E-state index contributed by atoms with van der Waals surface area (Å²) < 4.78 is 0. The Morgan fingerprint density at radius 1 is 1.15 bits per heavy atom. The highest BCUT2D eigenvalue weighted by atomic mass is 28.3. The molecule has 3 unspecified atom stereocenters. The maximum Gasteiger partial charge on any atom is 0.0479 e. The molecule has 76 valence electrons. The second-order valence-electron chi connectivity index (χ2n) is 5.74. The van der Waals surface area contributed by atoms with Gasteiger partial charge in [0.05, 0.1) is 0 Å². The van der Waals surface area contributed by atoms with Crippen molar-refractivity contribution in [3.63, 3.8) is 0 Å². The number of hydrogen-bond acceptors (Lipinski definition) is 0. The van der Waals surface area contributed by atoms with Crippen LogP contribution in [0.5, 0.6) is 0 Å². The highest BCUT2D eigenvalue weighted by Gasteiger charge is 2.38. The minimum Gasteiger partial charge on any atom is -0.0914 e. The van der Waals surface area contributed by atoms with Gasteiger partial charge in [-0.2, -0.15) is 0 Å². The second-order valence-corrected chi connectivity index (χ2v) is 11.2. The summed E-state index contributed by atoms with van der Waals surface area (Å²) in [6.45, 7) is 12.1. The predicted molar refractivity (Wildman–Crippen MR) is 63.8 cm³/mol. The van der Waals surface area contributed by atoms with Crippen molar-refractivity contribution in [2.24, 2.45) is 11.8 Å². The molecule has 3 atom stereocenters. The third-order valence-corrected chi connectivity index (χ3v) is 6.29. The van der Waals surface area contributed by atoms with E-state index in [1.54, 1.807) is 0 Å². The lowest BCUT2D eigenvalue weighted by Crippen LogP contribution is -2.29. The van der Waals surface area contributed by atoms with Crippen LogP contribution in [-0.4, -0.2) is 8.07 Å². The molecule has 1 saturated carbocycles. The zero-order valence-corrected chi connectivity index (χ0v) is 10.8. The van der Waals surface area contributed by atoms with Gasteiger partial charge in [0.25, 0.3) is 0 Å². The fourth-order valence-electron chi connectivity index (χ4n) is 2.79. The first-order chi connectivity index (χ1) is 5.95. The van der Waals surface area contributed by atoms with Gasteiger partial charge >= 0.3 is 0 Å². The van der Waals surface area contributed by atoms with Crippen molar-refractivity contribution in [2.45, 2.75) is 51.9 Å². The molecule has 0 heterocycles. The van der Waals surface area contributed by atoms with E-state index in [-0.39, 0.29) is 0 Å². The average molecular weight is 196 g/mol. The Morgan fingerprint density at radius 2 is 1.77 bits per heavy atom. The largest absolute Gasteiger partial charge is 0.0914 e. The van der Waals surface area contributed by atoms with Crippen molar-refractivity contribution in [3.8, 4) is 0 Å². The topological polar surface area (TPSA) is 0 Å². The van der Waals surface area contributed by atoms with Crippen LogP contribution in [0.1, 0.15) is 26.7 Å². The summed E-state index contributed by atoms with van der Waals surface area (Å²) in [5, 5.41) is 0. The fraction of sp³-hybridized carbons (Fsp3) is 0.833. The van der Waals surface area contributed by atoms with Crippen molar-refractivity contribution >= 4 is 8.07 Å². The Morgan fingerprint density at radius 3 is 2.23 bits per heavy atom. The fourth-order valence-corrected chi connectivity index (χ4v) is 5.43. The van der Waals surface area contributed by atoms with Crippen molar-refractivity contribution in [3.05, 3.63) is 12.2 Å². The lowest BCUT2D eigenvalue weighted by molar-refractivity contribution is 0.585. The number of rotatable bonds is 2. The van der Waals surface area contributed by atoms with Crippen LogP contribution in [0.15, 0.2) is 12.2 Å². The first-order valence-corrected chi connectivity index (χ1v) is 9.15. The Bertz CT molecular complexity index is 188. The Hall–Kier alpha value is -0.0431. The molecule has 0 bridgehead atoms. The predicted octanol–water partition coefficient (Wildman–Crippen LogP) is 4.32. The van der Waals surface area contributed by atoms with Crippen molar-refractivity contribution < 1.29 is 0 Å². The van der Waals surface area contributed by atoms with Gasteiger partial charge in [0.2, 0.25) is 0 Å². The number of allylic oxidation sites excluding steroid dienone is 2. The highest BCUT2D eigenvalue weighted by Crippen LogP contribution is 2.46. The Balaban J connectivity index is 2.72. The van der Waals surface area contributed by atoms with Crippen LogP contribution < -0.4 is 0 Å². The monoisotopic (exact) mass is 196 g/mol. The van der Waals surface area contributed by atoms with Crippen LogP contribution in [0.2, 0.25) is 25.2 Å². The smallest absolute Gasteiger partial charge is 0.0479 e. The minimum atomic E-state index is -0.918. The lowest BCUT2D eigenvalue weighted by atomic mass is 10.1. The van der Waals surface area contributed by atoms with Gasteiger partial charge in [-0.05, 0) is 37.1 Å². The SMILES string of the molecule is C/C=C/C1CC(C)CC1[Si](C)(C)C. The molecule has 0 radical (unpaired) electrons. The van der Waals surface area contributed by atoms with E-state index < -0.39 is 8.07 Å². The molecule has 1 heteroatoms. The highest BCUT2D eigenvalue weighted by molar-refractivity contribution is 6.77. The molecule has 13 heavy (non-hydrogen) atoms. The molecule has 0 aliphatic heterocycles. The third-order valence-electron chi connectivity index (χ3n) is 3.40. The first-order valence-electron chi connectivity index (χ1n) is 5.58. The minimum absolute atomic E-state index is 0.895. The van der Waals surface area contributed by atoms with Crippen molar-refractivity contribution in [1.29, 1.82) is 0 Å². The van der Waals surface area contributed by atoms with Gasteiger partial charge in [0, 0.05) is 8.07 Å². The van der Waals surface area contributed by atoms with Crippen LogP contribution in [0.3, 0.4) is 0 Å². The van der Waals surface area contributed by atoms with Gasteiger partial charge in [-0.15, -0.1) is 0 Å². The zero-order chi connectivity index (χ0) is 10.1. The molecule has 0 nitrogen and oxygen atoms in total. The maximum absolute atomic E-state index is 2.52. The van der Waals surface area contributed by atoms with Crippen LogP contribution in [0.4, 0.5) is 0 Å². The summed E-state index contributed by atoms with van der Waals surface area (Å²) >= 11 is 0. The zero-order valence-electron chi connectivity index (χ0n) is 9.80. The van der Waals surface area contributed by atoms with Gasteiger partial charge < -0.3 is 0 Å². The molecular formula is C12H24Si. The van der Waals surface area contributed by atoms with Gasteiger partial charge in [-0.3, -0.25) is 0 Å². The summed E-state index contributed by atoms with van der Waals surface area (Å²) in [5.41, 5.74) is 1.03. The van der Waals surface area contributed by atoms with E-state index in [2.05, 4.69) is 45.6 Å². The molecule has 1 aliphatic carbocycles. The molecule has 0 N–H and O–H groups in total. The lowest BCUT2D eigenvalue weighted by Gasteiger charge is -2.29. The van der Waals surface area contributed by atoms with E-state index in [9.17, 15) is 0 Å². The summed E-state index contributed by atoms with van der Waals surface area (Å²) in [7, 11) is -0.918. The first kappa shape index (κ1) is 11.0. The Kier molecular flexibility index (Phi) is 3.39. The molecule has 1 rings (SSSR count). The Labute approximate surface area is 84.4 Å². The summed E-state index contributed by atoms with van der Waals surface area (Å²) in [5.74, 6) is 1.85. The molecule has 1 fully saturated rings. The van der Waals surface area contributed by atoms with E-state index in [1.807, 2.05) is 0 Å². The average Bonchev–Trinajstić information content (AvgIpc) is 2.30. The maximum atomic E-state index is 2.52. The van der Waals surface area contributed by atoms with Gasteiger partial charge in [0.1, 0.15) is 0 Å². The molecule has 0 amide bonds. The second kappa shape index (κ2) is 3.99. The molecule has 0 aromatic carbocycles. The van der Waals surface area contributed by atoms with Gasteiger partial charge in [0.15, 0.2) is 0 Å². The van der Waals surface area contributed by atoms with Crippen molar-refractivity contribution in [2.75, 3.05) is 0 Å². The summed E-state index contributed by atoms with van der Waals surface area (Å²) in [4.78, 5) is 0.